The van der Waals surface area contributed by atoms with Gasteiger partial charge in [0.15, 0.2) is 0 Å². The average Bonchev–Trinajstić information content (AvgIpc) is 2.47. The predicted molar refractivity (Wildman–Crippen MR) is 80.2 cm³/mol. The molecule has 2 atom stereocenters. The van der Waals surface area contributed by atoms with E-state index in [2.05, 4.69) is 10.6 Å². The molecular weight excluding hydrogens is 292 g/mol. The van der Waals surface area contributed by atoms with Gasteiger partial charge in [0, 0.05) is 17.6 Å². The van der Waals surface area contributed by atoms with Crippen LogP contribution in [0.1, 0.15) is 31.2 Å². The maximum atomic E-state index is 11.9. The van der Waals surface area contributed by atoms with Gasteiger partial charge < -0.3 is 15.7 Å². The summed E-state index contributed by atoms with van der Waals surface area (Å²) >= 11 is 6.01. The molecule has 2 amide bonds. The van der Waals surface area contributed by atoms with Crippen molar-refractivity contribution in [1.82, 2.24) is 10.6 Å². The maximum Gasteiger partial charge on any atom is 0.315 e. The van der Waals surface area contributed by atoms with Crippen molar-refractivity contribution in [3.63, 3.8) is 0 Å². The van der Waals surface area contributed by atoms with Gasteiger partial charge in [-0.3, -0.25) is 4.79 Å². The molecule has 0 aliphatic heterocycles. The fourth-order valence-electron chi connectivity index (χ4n) is 2.64. The Morgan fingerprint density at radius 1 is 1.24 bits per heavy atom. The molecule has 1 aromatic rings. The molecule has 1 aromatic carbocycles. The van der Waals surface area contributed by atoms with Gasteiger partial charge in [-0.05, 0) is 24.5 Å². The summed E-state index contributed by atoms with van der Waals surface area (Å²) < 4.78 is 0. The zero-order valence-corrected chi connectivity index (χ0v) is 12.4. The number of hydrogen-bond acceptors (Lipinski definition) is 2. The van der Waals surface area contributed by atoms with Crippen LogP contribution in [0.5, 0.6) is 0 Å². The lowest BCUT2D eigenvalue weighted by molar-refractivity contribution is -0.143. The fourth-order valence-corrected chi connectivity index (χ4v) is 2.84. The van der Waals surface area contributed by atoms with Crippen LogP contribution in [0.4, 0.5) is 4.79 Å². The lowest BCUT2D eigenvalue weighted by Gasteiger charge is -2.29. The summed E-state index contributed by atoms with van der Waals surface area (Å²) in [5, 5.41) is 15.3. The van der Waals surface area contributed by atoms with Gasteiger partial charge in [-0.2, -0.15) is 0 Å². The molecule has 0 radical (unpaired) electrons. The molecule has 1 fully saturated rings. The average molecular weight is 311 g/mol. The molecule has 2 rings (SSSR count). The van der Waals surface area contributed by atoms with E-state index in [9.17, 15) is 14.7 Å². The highest BCUT2D eigenvalue weighted by atomic mass is 35.5. The Labute approximate surface area is 128 Å². The first-order valence-electron chi connectivity index (χ1n) is 7.08. The molecule has 0 spiro atoms. The van der Waals surface area contributed by atoms with Crippen LogP contribution in [0.2, 0.25) is 5.02 Å². The monoisotopic (exact) mass is 310 g/mol. The van der Waals surface area contributed by atoms with Crippen LogP contribution in [0.25, 0.3) is 0 Å². The fraction of sp³-hybridized carbons (Fsp3) is 0.467. The lowest BCUT2D eigenvalue weighted by atomic mass is 9.84. The summed E-state index contributed by atoms with van der Waals surface area (Å²) in [4.78, 5) is 23.1. The molecule has 114 valence electrons. The van der Waals surface area contributed by atoms with Crippen molar-refractivity contribution in [2.24, 2.45) is 5.92 Å². The first kappa shape index (κ1) is 15.6. The number of benzene rings is 1. The van der Waals surface area contributed by atoms with Crippen LogP contribution in [0.15, 0.2) is 24.3 Å². The molecule has 0 bridgehead atoms. The zero-order valence-electron chi connectivity index (χ0n) is 11.6. The summed E-state index contributed by atoms with van der Waals surface area (Å²) in [6, 6.07) is 6.62. The number of halogens is 1. The van der Waals surface area contributed by atoms with Crippen molar-refractivity contribution >= 4 is 23.6 Å². The Balaban J connectivity index is 1.86. The number of hydrogen-bond donors (Lipinski definition) is 3. The van der Waals surface area contributed by atoms with E-state index in [0.717, 1.165) is 18.4 Å². The highest BCUT2D eigenvalue weighted by Crippen LogP contribution is 2.24. The van der Waals surface area contributed by atoms with Crippen LogP contribution >= 0.6 is 11.6 Å². The predicted octanol–water partition coefficient (Wildman–Crippen LogP) is 2.78. The van der Waals surface area contributed by atoms with Crippen molar-refractivity contribution in [3.8, 4) is 0 Å². The van der Waals surface area contributed by atoms with Crippen LogP contribution in [0, 0.1) is 5.92 Å². The van der Waals surface area contributed by atoms with E-state index in [1.165, 1.54) is 0 Å². The van der Waals surface area contributed by atoms with E-state index in [1.54, 1.807) is 6.07 Å². The number of carbonyl (C=O) groups excluding carboxylic acids is 1. The Hall–Kier alpha value is -1.75. The molecule has 6 heteroatoms. The highest BCUT2D eigenvalue weighted by molar-refractivity contribution is 6.31. The van der Waals surface area contributed by atoms with Gasteiger partial charge in [-0.15, -0.1) is 0 Å². The third-order valence-corrected chi connectivity index (χ3v) is 4.17. The first-order chi connectivity index (χ1) is 10.1. The molecule has 2 unspecified atom stereocenters. The van der Waals surface area contributed by atoms with Crippen molar-refractivity contribution in [2.45, 2.75) is 38.3 Å². The van der Waals surface area contributed by atoms with E-state index < -0.39 is 11.9 Å². The van der Waals surface area contributed by atoms with Crippen molar-refractivity contribution in [1.29, 1.82) is 0 Å². The second-order valence-electron chi connectivity index (χ2n) is 5.25. The first-order valence-corrected chi connectivity index (χ1v) is 7.46. The molecule has 1 aliphatic carbocycles. The lowest BCUT2D eigenvalue weighted by Crippen LogP contribution is -2.48. The molecule has 5 nitrogen and oxygen atoms in total. The second kappa shape index (κ2) is 7.31. The van der Waals surface area contributed by atoms with Crippen molar-refractivity contribution in [3.05, 3.63) is 34.9 Å². The summed E-state index contributed by atoms with van der Waals surface area (Å²) in [5.74, 6) is -1.34. The minimum Gasteiger partial charge on any atom is -0.481 e. The van der Waals surface area contributed by atoms with Gasteiger partial charge in [-0.25, -0.2) is 4.79 Å². The van der Waals surface area contributed by atoms with Gasteiger partial charge >= 0.3 is 12.0 Å². The van der Waals surface area contributed by atoms with Crippen molar-refractivity contribution < 1.29 is 14.7 Å². The Kier molecular flexibility index (Phi) is 5.44. The minimum atomic E-state index is -0.842. The number of rotatable bonds is 4. The van der Waals surface area contributed by atoms with Gasteiger partial charge in [0.25, 0.3) is 0 Å². The molecule has 0 aromatic heterocycles. The second-order valence-corrected chi connectivity index (χ2v) is 5.66. The van der Waals surface area contributed by atoms with Crippen LogP contribution < -0.4 is 10.6 Å². The van der Waals surface area contributed by atoms with Gasteiger partial charge in [0.1, 0.15) is 0 Å². The van der Waals surface area contributed by atoms with E-state index >= 15 is 0 Å². The van der Waals surface area contributed by atoms with Crippen LogP contribution in [-0.4, -0.2) is 23.1 Å². The zero-order chi connectivity index (χ0) is 15.2. The number of nitrogens with one attached hydrogen (secondary N) is 2. The molecule has 0 saturated heterocycles. The number of carboxylic acids is 1. The third kappa shape index (κ3) is 4.36. The Morgan fingerprint density at radius 2 is 1.95 bits per heavy atom. The number of carbonyl (C=O) groups is 2. The van der Waals surface area contributed by atoms with Crippen LogP contribution in [-0.2, 0) is 11.3 Å². The van der Waals surface area contributed by atoms with E-state index in [-0.39, 0.29) is 12.1 Å². The molecule has 1 aliphatic rings. The quantitative estimate of drug-likeness (QED) is 0.800. The summed E-state index contributed by atoms with van der Waals surface area (Å²) in [6.45, 7) is 0.315. The number of aliphatic carboxylic acids is 1. The SMILES string of the molecule is O=C(NCc1ccccc1Cl)NC1CCCCC1C(=O)O. The Morgan fingerprint density at radius 3 is 2.67 bits per heavy atom. The van der Waals surface area contributed by atoms with E-state index in [4.69, 9.17) is 11.6 Å². The molecule has 0 heterocycles. The smallest absolute Gasteiger partial charge is 0.315 e. The third-order valence-electron chi connectivity index (χ3n) is 3.80. The van der Waals surface area contributed by atoms with E-state index in [1.807, 2.05) is 18.2 Å². The largest absolute Gasteiger partial charge is 0.481 e. The molecular formula is C15H19ClN2O3. The minimum absolute atomic E-state index is 0.303. The number of amides is 2. The Bertz CT molecular complexity index is 521. The van der Waals surface area contributed by atoms with E-state index in [0.29, 0.717) is 24.4 Å². The molecule has 21 heavy (non-hydrogen) atoms. The maximum absolute atomic E-state index is 11.9. The summed E-state index contributed by atoms with van der Waals surface area (Å²) in [6.07, 6.45) is 3.16. The topological polar surface area (TPSA) is 78.4 Å². The summed E-state index contributed by atoms with van der Waals surface area (Å²) in [7, 11) is 0. The molecule has 1 saturated carbocycles. The highest BCUT2D eigenvalue weighted by Gasteiger charge is 2.31. The number of carboxylic acid groups (broad SMARTS) is 1. The summed E-state index contributed by atoms with van der Waals surface area (Å²) in [5.41, 5.74) is 0.827. The number of urea groups is 1. The van der Waals surface area contributed by atoms with Crippen LogP contribution in [0.3, 0.4) is 0 Å². The van der Waals surface area contributed by atoms with Crippen molar-refractivity contribution in [2.75, 3.05) is 0 Å². The van der Waals surface area contributed by atoms with Gasteiger partial charge in [0.05, 0.1) is 5.92 Å². The molecule has 3 N–H and O–H groups in total. The van der Waals surface area contributed by atoms with Gasteiger partial charge in [0.2, 0.25) is 0 Å². The van der Waals surface area contributed by atoms with Gasteiger partial charge in [-0.1, -0.05) is 42.6 Å². The normalized spacial score (nSPS) is 21.6. The standard InChI is InChI=1S/C15H19ClN2O3/c16-12-7-3-1-5-10(12)9-17-15(21)18-13-8-4-2-6-11(13)14(19)20/h1,3,5,7,11,13H,2,4,6,8-9H2,(H,19,20)(H2,17,18,21).